The van der Waals surface area contributed by atoms with E-state index in [1.165, 1.54) is 24.3 Å². The van der Waals surface area contributed by atoms with Crippen LogP contribution in [0.2, 0.25) is 0 Å². The van der Waals surface area contributed by atoms with E-state index in [2.05, 4.69) is 10.0 Å². The van der Waals surface area contributed by atoms with Gasteiger partial charge in [0.1, 0.15) is 0 Å². The Bertz CT molecular complexity index is 1210. The molecule has 0 aliphatic heterocycles. The molecule has 1 atom stereocenters. The first-order chi connectivity index (χ1) is 15.7. The average molecular weight is 471 g/mol. The van der Waals surface area contributed by atoms with Crippen LogP contribution in [-0.2, 0) is 16.6 Å². The van der Waals surface area contributed by atoms with E-state index in [-0.39, 0.29) is 17.3 Å². The van der Waals surface area contributed by atoms with E-state index in [1.807, 2.05) is 6.07 Å². The second kappa shape index (κ2) is 10.4. The molecule has 33 heavy (non-hydrogen) atoms. The number of carbonyl (C=O) groups is 1. The summed E-state index contributed by atoms with van der Waals surface area (Å²) in [7, 11) is -0.708. The van der Waals surface area contributed by atoms with Gasteiger partial charge in [-0.3, -0.25) is 9.52 Å². The molecule has 9 heteroatoms. The zero-order valence-corrected chi connectivity index (χ0v) is 19.3. The molecule has 8 nitrogen and oxygen atoms in total. The molecular formula is C24H26N2O6S. The van der Waals surface area contributed by atoms with Crippen molar-refractivity contribution in [3.05, 3.63) is 83.4 Å². The second-order valence-corrected chi connectivity index (χ2v) is 8.98. The number of amides is 1. The Kier molecular flexibility index (Phi) is 7.57. The van der Waals surface area contributed by atoms with Crippen LogP contribution in [0.1, 0.15) is 34.5 Å². The molecule has 174 valence electrons. The van der Waals surface area contributed by atoms with Crippen molar-refractivity contribution in [3.8, 4) is 11.5 Å². The van der Waals surface area contributed by atoms with Crippen LogP contribution < -0.4 is 19.5 Å². The zero-order chi connectivity index (χ0) is 24.0. The third-order valence-electron chi connectivity index (χ3n) is 4.97. The molecule has 0 aliphatic carbocycles. The van der Waals surface area contributed by atoms with Crippen LogP contribution in [0.15, 0.2) is 71.6 Å². The SMILES string of the molecule is COc1ccc(CNC(=O)c2ccc(NS(=O)(=O)c3ccc([C@H](C)O)cc3)cc2)cc1OC. The van der Waals surface area contributed by atoms with E-state index < -0.39 is 16.1 Å². The van der Waals surface area contributed by atoms with Crippen molar-refractivity contribution in [1.82, 2.24) is 5.32 Å². The Morgan fingerprint density at radius 2 is 1.58 bits per heavy atom. The topological polar surface area (TPSA) is 114 Å². The van der Waals surface area contributed by atoms with Gasteiger partial charge in [-0.2, -0.15) is 0 Å². The Balaban J connectivity index is 1.63. The molecule has 0 spiro atoms. The van der Waals surface area contributed by atoms with E-state index in [0.717, 1.165) is 5.56 Å². The molecular weight excluding hydrogens is 444 g/mol. The molecule has 0 fully saturated rings. The predicted molar refractivity (Wildman–Crippen MR) is 125 cm³/mol. The van der Waals surface area contributed by atoms with Crippen molar-refractivity contribution >= 4 is 21.6 Å². The normalized spacial score (nSPS) is 12.0. The average Bonchev–Trinajstić information content (AvgIpc) is 2.82. The summed E-state index contributed by atoms with van der Waals surface area (Å²) in [4.78, 5) is 12.5. The molecule has 3 rings (SSSR count). The number of sulfonamides is 1. The summed E-state index contributed by atoms with van der Waals surface area (Å²) >= 11 is 0. The van der Waals surface area contributed by atoms with Crippen molar-refractivity contribution in [3.63, 3.8) is 0 Å². The first kappa shape index (κ1) is 24.1. The van der Waals surface area contributed by atoms with Crippen molar-refractivity contribution in [1.29, 1.82) is 0 Å². The first-order valence-electron chi connectivity index (χ1n) is 10.1. The molecule has 1 amide bonds. The van der Waals surface area contributed by atoms with Gasteiger partial charge >= 0.3 is 0 Å². The van der Waals surface area contributed by atoms with Gasteiger partial charge in [-0.1, -0.05) is 18.2 Å². The lowest BCUT2D eigenvalue weighted by Crippen LogP contribution is -2.22. The largest absolute Gasteiger partial charge is 0.493 e. The van der Waals surface area contributed by atoms with Gasteiger partial charge in [-0.15, -0.1) is 0 Å². The third kappa shape index (κ3) is 6.03. The van der Waals surface area contributed by atoms with Gasteiger partial charge in [0.15, 0.2) is 11.5 Å². The number of rotatable bonds is 9. The highest BCUT2D eigenvalue weighted by Crippen LogP contribution is 2.27. The van der Waals surface area contributed by atoms with E-state index in [9.17, 15) is 18.3 Å². The Morgan fingerprint density at radius 1 is 0.939 bits per heavy atom. The van der Waals surface area contributed by atoms with Crippen LogP contribution in [-0.4, -0.2) is 33.7 Å². The molecule has 3 aromatic carbocycles. The quantitative estimate of drug-likeness (QED) is 0.441. The van der Waals surface area contributed by atoms with Crippen LogP contribution >= 0.6 is 0 Å². The monoisotopic (exact) mass is 470 g/mol. The summed E-state index contributed by atoms with van der Waals surface area (Å²) in [6, 6.07) is 17.5. The summed E-state index contributed by atoms with van der Waals surface area (Å²) in [5, 5.41) is 12.4. The minimum atomic E-state index is -3.80. The van der Waals surface area contributed by atoms with Gasteiger partial charge in [0.2, 0.25) is 0 Å². The van der Waals surface area contributed by atoms with E-state index in [0.29, 0.717) is 28.3 Å². The van der Waals surface area contributed by atoms with Crippen LogP contribution in [0.5, 0.6) is 11.5 Å². The summed E-state index contributed by atoms with van der Waals surface area (Å²) in [5.41, 5.74) is 2.18. The smallest absolute Gasteiger partial charge is 0.261 e. The summed E-state index contributed by atoms with van der Waals surface area (Å²) in [6.45, 7) is 1.89. The third-order valence-corrected chi connectivity index (χ3v) is 6.37. The van der Waals surface area contributed by atoms with Crippen LogP contribution in [0.25, 0.3) is 0 Å². The molecule has 0 radical (unpaired) electrons. The molecule has 3 aromatic rings. The maximum absolute atomic E-state index is 12.6. The lowest BCUT2D eigenvalue weighted by molar-refractivity contribution is 0.0951. The van der Waals surface area contributed by atoms with E-state index in [4.69, 9.17) is 9.47 Å². The molecule has 0 bridgehead atoms. The standard InChI is InChI=1S/C24H26N2O6S/c1-16(27)18-7-11-21(12-8-18)33(29,30)26-20-9-5-19(6-10-20)24(28)25-15-17-4-13-22(31-2)23(14-17)32-3/h4-14,16,26-27H,15H2,1-3H3,(H,25,28)/t16-/m0/s1. The molecule has 0 saturated carbocycles. The highest BCUT2D eigenvalue weighted by atomic mass is 32.2. The summed E-state index contributed by atoms with van der Waals surface area (Å²) in [5.74, 6) is 0.874. The number of aliphatic hydroxyl groups excluding tert-OH is 1. The van der Waals surface area contributed by atoms with Crippen molar-refractivity contribution in [2.45, 2.75) is 24.5 Å². The summed E-state index contributed by atoms with van der Waals surface area (Å²) in [6.07, 6.45) is -0.680. The van der Waals surface area contributed by atoms with Gasteiger partial charge in [-0.05, 0) is 66.6 Å². The highest BCUT2D eigenvalue weighted by Gasteiger charge is 2.15. The first-order valence-corrected chi connectivity index (χ1v) is 11.6. The van der Waals surface area contributed by atoms with Crippen LogP contribution in [0, 0.1) is 0 Å². The highest BCUT2D eigenvalue weighted by molar-refractivity contribution is 7.92. The molecule has 0 saturated heterocycles. The number of methoxy groups -OCH3 is 2. The Hall–Kier alpha value is -3.56. The number of hydrogen-bond acceptors (Lipinski definition) is 6. The van der Waals surface area contributed by atoms with E-state index in [1.54, 1.807) is 57.5 Å². The lowest BCUT2D eigenvalue weighted by Gasteiger charge is -2.11. The number of nitrogens with one attached hydrogen (secondary N) is 2. The van der Waals surface area contributed by atoms with Crippen molar-refractivity contribution in [2.24, 2.45) is 0 Å². The fraction of sp³-hybridized carbons (Fsp3) is 0.208. The minimum absolute atomic E-state index is 0.0728. The lowest BCUT2D eigenvalue weighted by atomic mass is 10.1. The second-order valence-electron chi connectivity index (χ2n) is 7.30. The molecule has 0 unspecified atom stereocenters. The van der Waals surface area contributed by atoms with E-state index >= 15 is 0 Å². The van der Waals surface area contributed by atoms with Gasteiger partial charge in [0.05, 0.1) is 25.2 Å². The summed E-state index contributed by atoms with van der Waals surface area (Å²) < 4.78 is 38.1. The number of ether oxygens (including phenoxy) is 2. The maximum Gasteiger partial charge on any atom is 0.261 e. The van der Waals surface area contributed by atoms with Crippen molar-refractivity contribution in [2.75, 3.05) is 18.9 Å². The number of benzene rings is 3. The van der Waals surface area contributed by atoms with Crippen LogP contribution in [0.3, 0.4) is 0 Å². The fourth-order valence-corrected chi connectivity index (χ4v) is 4.16. The molecule has 0 aliphatic rings. The molecule has 0 heterocycles. The Morgan fingerprint density at radius 3 is 2.15 bits per heavy atom. The minimum Gasteiger partial charge on any atom is -0.493 e. The van der Waals surface area contributed by atoms with Gasteiger partial charge < -0.3 is 19.9 Å². The number of anilines is 1. The van der Waals surface area contributed by atoms with Gasteiger partial charge in [0.25, 0.3) is 15.9 Å². The number of hydrogen-bond donors (Lipinski definition) is 3. The fourth-order valence-electron chi connectivity index (χ4n) is 3.10. The molecule has 0 aromatic heterocycles. The van der Waals surface area contributed by atoms with Crippen LogP contribution in [0.4, 0.5) is 5.69 Å². The maximum atomic E-state index is 12.6. The molecule has 3 N–H and O–H groups in total. The Labute approximate surface area is 193 Å². The number of aliphatic hydroxyl groups is 1. The predicted octanol–water partition coefficient (Wildman–Crippen LogP) is 3.49. The van der Waals surface area contributed by atoms with Gasteiger partial charge in [-0.25, -0.2) is 8.42 Å². The zero-order valence-electron chi connectivity index (χ0n) is 18.5. The number of carbonyl (C=O) groups excluding carboxylic acids is 1. The van der Waals surface area contributed by atoms with Gasteiger partial charge in [0, 0.05) is 17.8 Å². The van der Waals surface area contributed by atoms with Crippen molar-refractivity contribution < 1.29 is 27.8 Å².